The third-order valence-electron chi connectivity index (χ3n) is 4.29. The van der Waals surface area contributed by atoms with E-state index in [-0.39, 0.29) is 5.91 Å². The zero-order valence-electron chi connectivity index (χ0n) is 12.4. The van der Waals surface area contributed by atoms with Crippen molar-refractivity contribution in [1.82, 2.24) is 0 Å². The van der Waals surface area contributed by atoms with Gasteiger partial charge in [0.1, 0.15) is 4.21 Å². The van der Waals surface area contributed by atoms with E-state index in [4.69, 9.17) is 0 Å². The lowest BCUT2D eigenvalue weighted by molar-refractivity contribution is -0.119. The molecule has 1 amide bonds. The predicted octanol–water partition coefficient (Wildman–Crippen LogP) is 2.77. The molecule has 23 heavy (non-hydrogen) atoms. The Bertz CT molecular complexity index is 856. The Labute approximate surface area is 139 Å². The zero-order chi connectivity index (χ0) is 16.0. The molecule has 1 aromatic heterocycles. The van der Waals surface area contributed by atoms with E-state index in [9.17, 15) is 13.2 Å². The van der Waals surface area contributed by atoms with Crippen LogP contribution in [0.15, 0.2) is 33.9 Å². The maximum atomic E-state index is 12.4. The second-order valence-corrected chi connectivity index (χ2v) is 8.69. The number of nitrogens with zero attached hydrogens (tertiary/aromatic N) is 1. The number of anilines is 2. The van der Waals surface area contributed by atoms with Gasteiger partial charge in [0, 0.05) is 18.7 Å². The van der Waals surface area contributed by atoms with Gasteiger partial charge in [0.15, 0.2) is 0 Å². The van der Waals surface area contributed by atoms with Crippen molar-refractivity contribution in [1.29, 1.82) is 0 Å². The van der Waals surface area contributed by atoms with Crippen LogP contribution in [0, 0.1) is 0 Å². The number of benzene rings is 1. The molecule has 120 valence electrons. The second-order valence-electron chi connectivity index (χ2n) is 5.83. The molecular formula is C16H16N2O3S2. The van der Waals surface area contributed by atoms with Gasteiger partial charge in [0.05, 0.1) is 5.69 Å². The van der Waals surface area contributed by atoms with Crippen molar-refractivity contribution >= 4 is 38.6 Å². The van der Waals surface area contributed by atoms with Crippen LogP contribution in [-0.2, 0) is 27.7 Å². The Morgan fingerprint density at radius 3 is 2.65 bits per heavy atom. The molecule has 0 aliphatic carbocycles. The average molecular weight is 348 g/mol. The predicted molar refractivity (Wildman–Crippen MR) is 90.6 cm³/mol. The lowest BCUT2D eigenvalue weighted by atomic mass is 9.91. The monoisotopic (exact) mass is 348 g/mol. The molecule has 1 aromatic carbocycles. The van der Waals surface area contributed by atoms with Gasteiger partial charge >= 0.3 is 0 Å². The summed E-state index contributed by atoms with van der Waals surface area (Å²) in [5, 5.41) is 1.74. The van der Waals surface area contributed by atoms with Crippen molar-refractivity contribution in [2.75, 3.05) is 16.2 Å². The van der Waals surface area contributed by atoms with Crippen LogP contribution in [0.1, 0.15) is 24.0 Å². The van der Waals surface area contributed by atoms with Gasteiger partial charge in [-0.3, -0.25) is 9.52 Å². The molecule has 0 saturated heterocycles. The van der Waals surface area contributed by atoms with E-state index in [2.05, 4.69) is 4.72 Å². The van der Waals surface area contributed by atoms with Gasteiger partial charge in [-0.05, 0) is 54.0 Å². The Morgan fingerprint density at radius 1 is 1.13 bits per heavy atom. The topological polar surface area (TPSA) is 66.5 Å². The summed E-state index contributed by atoms with van der Waals surface area (Å²) in [4.78, 5) is 13.9. The van der Waals surface area contributed by atoms with Crippen molar-refractivity contribution in [3.8, 4) is 0 Å². The number of nitrogens with one attached hydrogen (secondary N) is 1. The van der Waals surface area contributed by atoms with Gasteiger partial charge in [-0.2, -0.15) is 0 Å². The quantitative estimate of drug-likeness (QED) is 0.927. The fraction of sp³-hybridized carbons (Fsp3) is 0.312. The van der Waals surface area contributed by atoms with E-state index in [0.29, 0.717) is 22.7 Å². The van der Waals surface area contributed by atoms with Crippen molar-refractivity contribution in [2.24, 2.45) is 0 Å². The van der Waals surface area contributed by atoms with Gasteiger partial charge < -0.3 is 4.90 Å². The van der Waals surface area contributed by atoms with Crippen molar-refractivity contribution < 1.29 is 13.2 Å². The first-order valence-electron chi connectivity index (χ1n) is 7.57. The third-order valence-corrected chi connectivity index (χ3v) is 7.07. The van der Waals surface area contributed by atoms with Crippen LogP contribution in [0.4, 0.5) is 11.4 Å². The van der Waals surface area contributed by atoms with Crippen LogP contribution < -0.4 is 9.62 Å². The number of thiophene rings is 1. The van der Waals surface area contributed by atoms with Gasteiger partial charge in [-0.1, -0.05) is 6.07 Å². The summed E-state index contributed by atoms with van der Waals surface area (Å²) < 4.78 is 27.8. The van der Waals surface area contributed by atoms with E-state index in [1.807, 2.05) is 17.0 Å². The molecule has 0 radical (unpaired) electrons. The van der Waals surface area contributed by atoms with Gasteiger partial charge in [0.2, 0.25) is 5.91 Å². The number of carbonyl (C=O) groups is 1. The number of sulfonamides is 1. The molecular weight excluding hydrogens is 332 g/mol. The van der Waals surface area contributed by atoms with Crippen LogP contribution >= 0.6 is 11.3 Å². The molecule has 3 heterocycles. The molecule has 2 aliphatic rings. The van der Waals surface area contributed by atoms with E-state index >= 15 is 0 Å². The number of aryl methyl sites for hydroxylation is 2. The summed E-state index contributed by atoms with van der Waals surface area (Å²) in [7, 11) is -3.54. The summed E-state index contributed by atoms with van der Waals surface area (Å²) in [5.41, 5.74) is 3.71. The Morgan fingerprint density at radius 2 is 1.91 bits per heavy atom. The molecule has 0 fully saturated rings. The molecule has 0 spiro atoms. The van der Waals surface area contributed by atoms with Crippen LogP contribution in [0.5, 0.6) is 0 Å². The molecule has 7 heteroatoms. The van der Waals surface area contributed by atoms with Crippen LogP contribution in [0.3, 0.4) is 0 Å². The fourth-order valence-electron chi connectivity index (χ4n) is 3.33. The summed E-state index contributed by atoms with van der Waals surface area (Å²) in [6.45, 7) is 0.763. The normalized spacial score (nSPS) is 17.0. The highest BCUT2D eigenvalue weighted by Crippen LogP contribution is 2.38. The summed E-state index contributed by atoms with van der Waals surface area (Å²) in [5.74, 6) is 0.172. The molecule has 0 unspecified atom stereocenters. The first-order chi connectivity index (χ1) is 11.0. The highest BCUT2D eigenvalue weighted by Gasteiger charge is 2.30. The first kappa shape index (κ1) is 14.7. The number of carbonyl (C=O) groups excluding carboxylic acids is 1. The lowest BCUT2D eigenvalue weighted by Gasteiger charge is -2.35. The number of amides is 1. The smallest absolute Gasteiger partial charge is 0.271 e. The number of hydrogen-bond acceptors (Lipinski definition) is 4. The lowest BCUT2D eigenvalue weighted by Crippen LogP contribution is -2.39. The standard InChI is InChI=1S/C16H16N2O3S2/c19-14-6-5-12-10-13(9-11-3-1-7-18(14)16(11)12)17-23(20,21)15-4-2-8-22-15/h2,4,8-10,17H,1,3,5-7H2. The Kier molecular flexibility index (Phi) is 3.42. The SMILES string of the molecule is O=C1CCc2cc(NS(=O)(=O)c3cccs3)cc3c2N1CCC3. The molecule has 2 aliphatic heterocycles. The summed E-state index contributed by atoms with van der Waals surface area (Å²) >= 11 is 1.20. The minimum absolute atomic E-state index is 0.172. The highest BCUT2D eigenvalue weighted by atomic mass is 32.2. The van der Waals surface area contributed by atoms with Crippen molar-refractivity contribution in [2.45, 2.75) is 29.9 Å². The molecule has 2 aromatic rings. The largest absolute Gasteiger partial charge is 0.312 e. The Balaban J connectivity index is 1.74. The molecule has 0 saturated carbocycles. The van der Waals surface area contributed by atoms with Gasteiger partial charge in [0.25, 0.3) is 10.0 Å². The molecule has 0 atom stereocenters. The number of rotatable bonds is 3. The van der Waals surface area contributed by atoms with E-state index < -0.39 is 10.0 Å². The minimum Gasteiger partial charge on any atom is -0.312 e. The maximum Gasteiger partial charge on any atom is 0.271 e. The zero-order valence-corrected chi connectivity index (χ0v) is 14.0. The van der Waals surface area contributed by atoms with Gasteiger partial charge in [-0.25, -0.2) is 8.42 Å². The van der Waals surface area contributed by atoms with Crippen molar-refractivity contribution in [3.63, 3.8) is 0 Å². The molecule has 4 rings (SSSR count). The summed E-state index contributed by atoms with van der Waals surface area (Å²) in [6, 6.07) is 7.05. The van der Waals surface area contributed by atoms with E-state index in [1.54, 1.807) is 17.5 Å². The van der Waals surface area contributed by atoms with Crippen molar-refractivity contribution in [3.05, 3.63) is 40.8 Å². The highest BCUT2D eigenvalue weighted by molar-refractivity contribution is 7.94. The third kappa shape index (κ3) is 2.53. The fourth-order valence-corrected chi connectivity index (χ4v) is 5.37. The Hall–Kier alpha value is -1.86. The molecule has 5 nitrogen and oxygen atoms in total. The van der Waals surface area contributed by atoms with Gasteiger partial charge in [-0.15, -0.1) is 11.3 Å². The van der Waals surface area contributed by atoms with E-state index in [0.717, 1.165) is 36.2 Å². The maximum absolute atomic E-state index is 12.4. The molecule has 1 N–H and O–H groups in total. The number of hydrogen-bond donors (Lipinski definition) is 1. The minimum atomic E-state index is -3.54. The van der Waals surface area contributed by atoms with Crippen LogP contribution in [0.2, 0.25) is 0 Å². The summed E-state index contributed by atoms with van der Waals surface area (Å²) in [6.07, 6.45) is 2.96. The first-order valence-corrected chi connectivity index (χ1v) is 9.93. The van der Waals surface area contributed by atoms with Crippen LogP contribution in [-0.4, -0.2) is 20.9 Å². The van der Waals surface area contributed by atoms with E-state index in [1.165, 1.54) is 11.3 Å². The van der Waals surface area contributed by atoms with Crippen LogP contribution in [0.25, 0.3) is 0 Å². The molecule has 0 bridgehead atoms. The second kappa shape index (κ2) is 5.35. The average Bonchev–Trinajstić information content (AvgIpc) is 3.06.